The lowest BCUT2D eigenvalue weighted by atomic mass is 10.2. The Labute approximate surface area is 121 Å². The molecule has 0 saturated heterocycles. The predicted octanol–water partition coefficient (Wildman–Crippen LogP) is 3.37. The molecule has 0 aromatic carbocycles. The van der Waals surface area contributed by atoms with Gasteiger partial charge in [-0.15, -0.1) is 0 Å². The number of hydrogen-bond acceptors (Lipinski definition) is 4. The number of nitrogens with zero attached hydrogens (tertiary/aromatic N) is 1. The summed E-state index contributed by atoms with van der Waals surface area (Å²) in [5.74, 6) is 0.977. The Bertz CT molecular complexity index is 384. The van der Waals surface area contributed by atoms with Crippen molar-refractivity contribution < 1.29 is 13.9 Å². The highest BCUT2D eigenvalue weighted by Gasteiger charge is 2.28. The highest BCUT2D eigenvalue weighted by molar-refractivity contribution is 5.69. The molecule has 112 valence electrons. The van der Waals surface area contributed by atoms with Crippen LogP contribution in [0, 0.1) is 0 Å². The zero-order valence-electron chi connectivity index (χ0n) is 12.3. The van der Waals surface area contributed by atoms with Crippen LogP contribution in [0.15, 0.2) is 22.8 Å². The summed E-state index contributed by atoms with van der Waals surface area (Å²) in [7, 11) is 0. The second kappa shape index (κ2) is 8.10. The summed E-state index contributed by atoms with van der Waals surface area (Å²) in [5, 5.41) is 0. The van der Waals surface area contributed by atoms with Crippen LogP contribution < -0.4 is 0 Å². The zero-order valence-corrected chi connectivity index (χ0v) is 12.3. The molecule has 1 saturated carbocycles. The van der Waals surface area contributed by atoms with Crippen molar-refractivity contribution >= 4 is 5.97 Å². The SMILES string of the molecule is CCOC(=O)CCCCCN(Cc1ccco1)C1CC1. The third-order valence-corrected chi connectivity index (χ3v) is 3.63. The molecule has 0 amide bonds. The van der Waals surface area contributed by atoms with Crippen LogP contribution in [0.4, 0.5) is 0 Å². The van der Waals surface area contributed by atoms with E-state index in [0.717, 1.165) is 44.2 Å². The van der Waals surface area contributed by atoms with Gasteiger partial charge >= 0.3 is 5.97 Å². The molecular formula is C16H25NO3. The van der Waals surface area contributed by atoms with E-state index < -0.39 is 0 Å². The molecule has 1 aromatic heterocycles. The Balaban J connectivity index is 1.59. The number of hydrogen-bond donors (Lipinski definition) is 0. The van der Waals surface area contributed by atoms with Gasteiger partial charge in [0, 0.05) is 12.5 Å². The van der Waals surface area contributed by atoms with E-state index in [2.05, 4.69) is 4.90 Å². The van der Waals surface area contributed by atoms with Crippen molar-refractivity contribution in [2.45, 2.75) is 58.0 Å². The molecule has 0 radical (unpaired) electrons. The van der Waals surface area contributed by atoms with E-state index in [1.54, 1.807) is 6.26 Å². The number of carbonyl (C=O) groups is 1. The van der Waals surface area contributed by atoms with E-state index >= 15 is 0 Å². The summed E-state index contributed by atoms with van der Waals surface area (Å²) in [4.78, 5) is 13.7. The average Bonchev–Trinajstić information content (AvgIpc) is 3.15. The van der Waals surface area contributed by atoms with Crippen LogP contribution in [0.1, 0.15) is 51.2 Å². The van der Waals surface area contributed by atoms with Crippen LogP contribution in [0.5, 0.6) is 0 Å². The molecule has 0 atom stereocenters. The first-order chi connectivity index (χ1) is 9.79. The van der Waals surface area contributed by atoms with Gasteiger partial charge in [0.25, 0.3) is 0 Å². The fraction of sp³-hybridized carbons (Fsp3) is 0.688. The molecule has 0 bridgehead atoms. The van der Waals surface area contributed by atoms with Crippen LogP contribution in [0.3, 0.4) is 0 Å². The van der Waals surface area contributed by atoms with E-state index in [4.69, 9.17) is 9.15 Å². The van der Waals surface area contributed by atoms with Crippen LogP contribution in [-0.2, 0) is 16.1 Å². The second-order valence-corrected chi connectivity index (χ2v) is 5.40. The molecule has 20 heavy (non-hydrogen) atoms. The molecule has 1 heterocycles. The first kappa shape index (κ1) is 15.1. The van der Waals surface area contributed by atoms with Gasteiger partial charge in [0.15, 0.2) is 0 Å². The number of rotatable bonds is 10. The minimum atomic E-state index is -0.0675. The van der Waals surface area contributed by atoms with Crippen molar-refractivity contribution in [2.24, 2.45) is 0 Å². The first-order valence-electron chi connectivity index (χ1n) is 7.71. The van der Waals surface area contributed by atoms with E-state index in [0.29, 0.717) is 13.0 Å². The largest absolute Gasteiger partial charge is 0.468 e. The molecule has 1 aliphatic rings. The Morgan fingerprint density at radius 1 is 1.40 bits per heavy atom. The van der Waals surface area contributed by atoms with Gasteiger partial charge < -0.3 is 9.15 Å². The normalized spacial score (nSPS) is 14.7. The van der Waals surface area contributed by atoms with Crippen LogP contribution >= 0.6 is 0 Å². The van der Waals surface area contributed by atoms with Gasteiger partial charge in [-0.1, -0.05) is 6.42 Å². The standard InChI is InChI=1S/C16H25NO3/c1-2-19-16(18)8-4-3-5-11-17(14-9-10-14)13-15-7-6-12-20-15/h6-7,12,14H,2-5,8-11,13H2,1H3. The number of carbonyl (C=O) groups excluding carboxylic acids is 1. The molecule has 0 spiro atoms. The highest BCUT2D eigenvalue weighted by Crippen LogP contribution is 2.28. The number of esters is 1. The molecule has 4 nitrogen and oxygen atoms in total. The molecule has 4 heteroatoms. The van der Waals surface area contributed by atoms with E-state index in [-0.39, 0.29) is 5.97 Å². The molecule has 1 aromatic rings. The van der Waals surface area contributed by atoms with E-state index in [9.17, 15) is 4.79 Å². The lowest BCUT2D eigenvalue weighted by Crippen LogP contribution is -2.26. The average molecular weight is 279 g/mol. The summed E-state index contributed by atoms with van der Waals surface area (Å²) in [5.41, 5.74) is 0. The van der Waals surface area contributed by atoms with Crippen molar-refractivity contribution in [2.75, 3.05) is 13.2 Å². The van der Waals surface area contributed by atoms with E-state index in [1.807, 2.05) is 19.1 Å². The summed E-state index contributed by atoms with van der Waals surface area (Å²) < 4.78 is 10.4. The predicted molar refractivity (Wildman–Crippen MR) is 77.2 cm³/mol. The van der Waals surface area contributed by atoms with Crippen molar-refractivity contribution in [3.8, 4) is 0 Å². The number of ether oxygens (including phenoxy) is 1. The van der Waals surface area contributed by atoms with Crippen molar-refractivity contribution in [3.63, 3.8) is 0 Å². The fourth-order valence-electron chi connectivity index (χ4n) is 2.43. The molecular weight excluding hydrogens is 254 g/mol. The van der Waals surface area contributed by atoms with Crippen molar-refractivity contribution in [1.29, 1.82) is 0 Å². The third kappa shape index (κ3) is 5.37. The maximum absolute atomic E-state index is 11.2. The van der Waals surface area contributed by atoms with Gasteiger partial charge in [0.1, 0.15) is 5.76 Å². The lowest BCUT2D eigenvalue weighted by molar-refractivity contribution is -0.143. The minimum Gasteiger partial charge on any atom is -0.468 e. The number of unbranched alkanes of at least 4 members (excludes halogenated alkanes) is 2. The maximum Gasteiger partial charge on any atom is 0.305 e. The van der Waals surface area contributed by atoms with Crippen molar-refractivity contribution in [1.82, 2.24) is 4.90 Å². The topological polar surface area (TPSA) is 42.7 Å². The smallest absolute Gasteiger partial charge is 0.305 e. The molecule has 1 aliphatic carbocycles. The maximum atomic E-state index is 11.2. The molecule has 0 N–H and O–H groups in total. The lowest BCUT2D eigenvalue weighted by Gasteiger charge is -2.20. The van der Waals surface area contributed by atoms with Gasteiger partial charge in [-0.25, -0.2) is 0 Å². The summed E-state index contributed by atoms with van der Waals surface area (Å²) in [6.45, 7) is 4.33. The van der Waals surface area contributed by atoms with Crippen molar-refractivity contribution in [3.05, 3.63) is 24.2 Å². The Kier molecular flexibility index (Phi) is 6.12. The molecule has 0 aliphatic heterocycles. The Hall–Kier alpha value is -1.29. The summed E-state index contributed by atoms with van der Waals surface area (Å²) in [6.07, 6.45) is 8.05. The van der Waals surface area contributed by atoms with Crippen LogP contribution in [0.2, 0.25) is 0 Å². The summed E-state index contributed by atoms with van der Waals surface area (Å²) >= 11 is 0. The molecule has 2 rings (SSSR count). The third-order valence-electron chi connectivity index (χ3n) is 3.63. The molecule has 1 fully saturated rings. The summed E-state index contributed by atoms with van der Waals surface area (Å²) in [6, 6.07) is 4.72. The minimum absolute atomic E-state index is 0.0675. The Morgan fingerprint density at radius 3 is 2.90 bits per heavy atom. The highest BCUT2D eigenvalue weighted by atomic mass is 16.5. The monoisotopic (exact) mass is 279 g/mol. The number of furan rings is 1. The zero-order chi connectivity index (χ0) is 14.2. The van der Waals surface area contributed by atoms with Gasteiger partial charge in [0.05, 0.1) is 19.4 Å². The second-order valence-electron chi connectivity index (χ2n) is 5.40. The van der Waals surface area contributed by atoms with E-state index in [1.165, 1.54) is 12.8 Å². The van der Waals surface area contributed by atoms with Gasteiger partial charge in [-0.3, -0.25) is 9.69 Å². The Morgan fingerprint density at radius 2 is 2.25 bits per heavy atom. The molecule has 0 unspecified atom stereocenters. The van der Waals surface area contributed by atoms with Gasteiger partial charge in [-0.2, -0.15) is 0 Å². The first-order valence-corrected chi connectivity index (χ1v) is 7.71. The fourth-order valence-corrected chi connectivity index (χ4v) is 2.43. The van der Waals surface area contributed by atoms with Crippen LogP contribution in [0.25, 0.3) is 0 Å². The van der Waals surface area contributed by atoms with Gasteiger partial charge in [-0.05, 0) is 51.3 Å². The van der Waals surface area contributed by atoms with Crippen LogP contribution in [-0.4, -0.2) is 30.1 Å². The quantitative estimate of drug-likeness (QED) is 0.486. The van der Waals surface area contributed by atoms with Gasteiger partial charge in [0.2, 0.25) is 0 Å².